The first-order valence-electron chi connectivity index (χ1n) is 9.86. The van der Waals surface area contributed by atoms with E-state index in [1.54, 1.807) is 29.2 Å². The molecule has 1 aliphatic rings. The Bertz CT molecular complexity index is 1370. The molecule has 166 valence electrons. The first kappa shape index (κ1) is 22.4. The van der Waals surface area contributed by atoms with Gasteiger partial charge in [-0.25, -0.2) is 22.5 Å². The van der Waals surface area contributed by atoms with E-state index in [1.807, 2.05) is 37.3 Å². The van der Waals surface area contributed by atoms with Crippen LogP contribution in [0, 0.1) is 6.92 Å². The molecule has 0 aliphatic carbocycles. The van der Waals surface area contributed by atoms with Crippen LogP contribution in [-0.4, -0.2) is 35.2 Å². The summed E-state index contributed by atoms with van der Waals surface area (Å²) in [5.41, 5.74) is 2.88. The molecule has 7 nitrogen and oxygen atoms in total. The molecule has 0 unspecified atom stereocenters. The molecule has 1 N–H and O–H groups in total. The monoisotopic (exact) mass is 477 g/mol. The highest BCUT2D eigenvalue weighted by Crippen LogP contribution is 2.30. The minimum atomic E-state index is -4.02. The van der Waals surface area contributed by atoms with Gasteiger partial charge < -0.3 is 5.11 Å². The van der Waals surface area contributed by atoms with Gasteiger partial charge in [-0.15, -0.1) is 0 Å². The zero-order valence-corrected chi connectivity index (χ0v) is 19.1. The summed E-state index contributed by atoms with van der Waals surface area (Å²) in [6.45, 7) is 1.87. The largest absolute Gasteiger partial charge is 0.478 e. The Morgan fingerprint density at radius 3 is 2.18 bits per heavy atom. The third kappa shape index (κ3) is 4.55. The molecule has 0 saturated heterocycles. The van der Waals surface area contributed by atoms with Crippen LogP contribution in [0.1, 0.15) is 21.5 Å². The molecular weight excluding hydrogens is 458 g/mol. The summed E-state index contributed by atoms with van der Waals surface area (Å²) in [5, 5.41) is 9.06. The highest BCUT2D eigenvalue weighted by atomic mass is 32.2. The molecule has 9 heteroatoms. The predicted molar refractivity (Wildman–Crippen MR) is 132 cm³/mol. The van der Waals surface area contributed by atoms with Crippen LogP contribution in [0.4, 0.5) is 5.69 Å². The average Bonchev–Trinajstić information content (AvgIpc) is 2.99. The lowest BCUT2D eigenvalue weighted by Crippen LogP contribution is -2.30. The lowest BCUT2D eigenvalue weighted by atomic mass is 10.1. The number of anilines is 1. The number of aliphatic imine (C=N–C) groups is 1. The summed E-state index contributed by atoms with van der Waals surface area (Å²) >= 11 is 5.35. The van der Waals surface area contributed by atoms with E-state index < -0.39 is 16.0 Å². The van der Waals surface area contributed by atoms with Crippen molar-refractivity contribution in [3.63, 3.8) is 0 Å². The molecule has 3 aromatic carbocycles. The number of carbonyl (C=O) groups is 1. The van der Waals surface area contributed by atoms with Crippen LogP contribution in [0.25, 0.3) is 5.70 Å². The van der Waals surface area contributed by atoms with Crippen molar-refractivity contribution in [3.8, 4) is 0 Å². The Balaban J connectivity index is 1.86. The highest BCUT2D eigenvalue weighted by molar-refractivity contribution is 7.91. The van der Waals surface area contributed by atoms with Crippen LogP contribution in [0.5, 0.6) is 0 Å². The van der Waals surface area contributed by atoms with Crippen molar-refractivity contribution in [2.75, 3.05) is 4.90 Å². The summed E-state index contributed by atoms with van der Waals surface area (Å²) in [7, 11) is -4.02. The number of sulfonamides is 1. The second-order valence-corrected chi connectivity index (χ2v) is 9.42. The number of aryl methyl sites for hydroxylation is 1. The van der Waals surface area contributed by atoms with Gasteiger partial charge in [0, 0.05) is 17.5 Å². The van der Waals surface area contributed by atoms with Gasteiger partial charge >= 0.3 is 5.97 Å². The number of thiocarbonyl (C=S) groups is 1. The molecule has 4 rings (SSSR count). The number of nitrogens with zero attached hydrogens (tertiary/aromatic N) is 3. The fourth-order valence-corrected chi connectivity index (χ4v) is 4.84. The van der Waals surface area contributed by atoms with Gasteiger partial charge in [-0.2, -0.15) is 0 Å². The van der Waals surface area contributed by atoms with Crippen LogP contribution in [-0.2, 0) is 10.0 Å². The molecule has 1 aliphatic heterocycles. The van der Waals surface area contributed by atoms with Crippen LogP contribution >= 0.6 is 12.2 Å². The minimum absolute atomic E-state index is 0.0913. The zero-order chi connectivity index (χ0) is 23.6. The molecule has 1 heterocycles. The molecule has 33 heavy (non-hydrogen) atoms. The van der Waals surface area contributed by atoms with E-state index in [2.05, 4.69) is 4.99 Å². The number of hydrogen-bond acceptors (Lipinski definition) is 5. The van der Waals surface area contributed by atoms with E-state index in [4.69, 9.17) is 12.2 Å². The Kier molecular flexibility index (Phi) is 6.08. The van der Waals surface area contributed by atoms with Crippen LogP contribution in [0.3, 0.4) is 0 Å². The second-order valence-electron chi connectivity index (χ2n) is 7.24. The Morgan fingerprint density at radius 1 is 0.939 bits per heavy atom. The van der Waals surface area contributed by atoms with Gasteiger partial charge in [0.25, 0.3) is 10.0 Å². The normalized spacial score (nSPS) is 14.1. The molecule has 0 spiro atoms. The number of hydrogen-bond donors (Lipinski definition) is 1. The molecule has 0 amide bonds. The van der Waals surface area contributed by atoms with Crippen molar-refractivity contribution in [1.82, 2.24) is 4.31 Å². The van der Waals surface area contributed by atoms with Crippen LogP contribution in [0.2, 0.25) is 0 Å². The summed E-state index contributed by atoms with van der Waals surface area (Å²) < 4.78 is 27.9. The van der Waals surface area contributed by atoms with Gasteiger partial charge in [0.05, 0.1) is 16.2 Å². The maximum Gasteiger partial charge on any atom is 0.335 e. The molecule has 0 aromatic heterocycles. The van der Waals surface area contributed by atoms with E-state index in [-0.39, 0.29) is 15.6 Å². The van der Waals surface area contributed by atoms with E-state index in [0.29, 0.717) is 11.4 Å². The Labute approximate surface area is 197 Å². The fourth-order valence-electron chi connectivity index (χ4n) is 3.24. The number of rotatable bonds is 5. The lowest BCUT2D eigenvalue weighted by Gasteiger charge is -2.24. The predicted octanol–water partition coefficient (Wildman–Crippen LogP) is 4.52. The van der Waals surface area contributed by atoms with E-state index in [9.17, 15) is 18.3 Å². The van der Waals surface area contributed by atoms with Gasteiger partial charge in [-0.3, -0.25) is 4.90 Å². The number of carboxylic acid groups (broad SMARTS) is 1. The topological polar surface area (TPSA) is 90.3 Å². The molecule has 0 bridgehead atoms. The summed E-state index contributed by atoms with van der Waals surface area (Å²) in [5.74, 6) is -1.04. The van der Waals surface area contributed by atoms with Crippen LogP contribution < -0.4 is 4.90 Å². The second kappa shape index (κ2) is 8.97. The zero-order valence-electron chi connectivity index (χ0n) is 17.5. The first-order valence-corrected chi connectivity index (χ1v) is 11.7. The van der Waals surface area contributed by atoms with Crippen molar-refractivity contribution < 1.29 is 18.3 Å². The van der Waals surface area contributed by atoms with Gasteiger partial charge in [-0.1, -0.05) is 48.0 Å². The summed E-state index contributed by atoms with van der Waals surface area (Å²) in [6.07, 6.45) is 2.87. The van der Waals surface area contributed by atoms with Crippen molar-refractivity contribution >= 4 is 51.0 Å². The quantitative estimate of drug-likeness (QED) is 0.544. The average molecular weight is 478 g/mol. The Hall–Kier alpha value is -3.82. The van der Waals surface area contributed by atoms with Crippen molar-refractivity contribution in [2.24, 2.45) is 4.99 Å². The summed E-state index contributed by atoms with van der Waals surface area (Å²) in [4.78, 5) is 17.2. The minimum Gasteiger partial charge on any atom is -0.478 e. The first-order chi connectivity index (χ1) is 15.8. The number of aromatic carboxylic acids is 1. The van der Waals surface area contributed by atoms with E-state index in [1.165, 1.54) is 36.8 Å². The molecule has 0 fully saturated rings. The Morgan fingerprint density at radius 2 is 1.58 bits per heavy atom. The van der Waals surface area contributed by atoms with Gasteiger partial charge in [0.15, 0.2) is 0 Å². The van der Waals surface area contributed by atoms with Gasteiger partial charge in [-0.05, 0) is 55.5 Å². The van der Waals surface area contributed by atoms with E-state index >= 15 is 0 Å². The third-order valence-corrected chi connectivity index (χ3v) is 7.09. The van der Waals surface area contributed by atoms with Crippen molar-refractivity contribution in [2.45, 2.75) is 11.8 Å². The third-order valence-electron chi connectivity index (χ3n) is 5.01. The maximum absolute atomic E-state index is 13.4. The van der Waals surface area contributed by atoms with Gasteiger partial charge in [0.1, 0.15) is 6.34 Å². The van der Waals surface area contributed by atoms with E-state index in [0.717, 1.165) is 15.4 Å². The van der Waals surface area contributed by atoms with Crippen LogP contribution in [0.15, 0.2) is 95.0 Å². The molecule has 0 saturated carbocycles. The molecule has 3 aromatic rings. The lowest BCUT2D eigenvalue weighted by molar-refractivity contribution is 0.0697. The summed E-state index contributed by atoms with van der Waals surface area (Å²) in [6, 6.07) is 21.9. The fraction of sp³-hybridized carbons (Fsp3) is 0.0417. The number of benzene rings is 3. The van der Waals surface area contributed by atoms with Crippen molar-refractivity contribution in [1.29, 1.82) is 0 Å². The smallest absolute Gasteiger partial charge is 0.335 e. The van der Waals surface area contributed by atoms with Crippen molar-refractivity contribution in [3.05, 3.63) is 102 Å². The standard InChI is InChI=1S/C24H19N3O4S2/c1-17-7-13-21(14-8-17)33(30,31)27-15-22(18-5-3-2-4-6-18)26(16-25-24(27)32)20-11-9-19(10-12-20)23(28)29/h2-16H,1H3,(H,28,29). The molecular formula is C24H19N3O4S2. The molecule has 0 radical (unpaired) electrons. The maximum atomic E-state index is 13.4. The highest BCUT2D eigenvalue weighted by Gasteiger charge is 2.29. The van der Waals surface area contributed by atoms with Gasteiger partial charge in [0.2, 0.25) is 5.11 Å². The SMILES string of the molecule is Cc1ccc(S(=O)(=O)N2C=C(c3ccccc3)N(c3ccc(C(=O)O)cc3)C=NC2=S)cc1. The molecule has 0 atom stereocenters. The number of carboxylic acids is 1.